The van der Waals surface area contributed by atoms with Gasteiger partial charge in [0, 0.05) is 0 Å². The molecule has 0 unspecified atom stereocenters. The molecule has 0 radical (unpaired) electrons. The van der Waals surface area contributed by atoms with Crippen LogP contribution in [0.25, 0.3) is 0 Å². The first-order valence-electron chi connectivity index (χ1n) is 7.87. The molecule has 2 N–H and O–H groups in total. The number of aliphatic carboxylic acids is 1. The Morgan fingerprint density at radius 2 is 1.81 bits per heavy atom. The van der Waals surface area contributed by atoms with Crippen molar-refractivity contribution < 1.29 is 15.0 Å². The first-order chi connectivity index (χ1) is 9.79. The summed E-state index contributed by atoms with van der Waals surface area (Å²) in [4.78, 5) is 11.0. The summed E-state index contributed by atoms with van der Waals surface area (Å²) in [5.74, 6) is -0.0766. The summed E-state index contributed by atoms with van der Waals surface area (Å²) >= 11 is 0. The van der Waals surface area contributed by atoms with Gasteiger partial charge in [0.05, 0.1) is 6.42 Å². The number of carbonyl (C=O) groups is 1. The van der Waals surface area contributed by atoms with Crippen molar-refractivity contribution in [3.63, 3.8) is 0 Å². The number of rotatable bonds is 3. The second-order valence-corrected chi connectivity index (χ2v) is 7.24. The molecule has 1 aliphatic carbocycles. The Bertz CT molecular complexity index is 520. The Hall–Kier alpha value is -1.51. The van der Waals surface area contributed by atoms with Gasteiger partial charge < -0.3 is 10.2 Å². The third-order valence-electron chi connectivity index (χ3n) is 4.41. The van der Waals surface area contributed by atoms with Crippen molar-refractivity contribution >= 4 is 5.97 Å². The van der Waals surface area contributed by atoms with Crippen LogP contribution in [0.2, 0.25) is 0 Å². The highest BCUT2D eigenvalue weighted by Gasteiger charge is 2.26. The van der Waals surface area contributed by atoms with E-state index in [0.29, 0.717) is 11.7 Å². The maximum atomic E-state index is 11.0. The molecule has 0 atom stereocenters. The highest BCUT2D eigenvalue weighted by atomic mass is 16.4. The van der Waals surface area contributed by atoms with E-state index in [2.05, 4.69) is 20.8 Å². The number of phenols is 1. The molecular weight excluding hydrogens is 264 g/mol. The van der Waals surface area contributed by atoms with Crippen LogP contribution in [0.5, 0.6) is 5.75 Å². The van der Waals surface area contributed by atoms with Crippen LogP contribution in [-0.2, 0) is 16.6 Å². The predicted molar refractivity (Wildman–Crippen MR) is 84.0 cm³/mol. The first kappa shape index (κ1) is 15.9. The fourth-order valence-electron chi connectivity index (χ4n) is 3.29. The van der Waals surface area contributed by atoms with E-state index < -0.39 is 5.97 Å². The first-order valence-corrected chi connectivity index (χ1v) is 7.87. The fraction of sp³-hybridized carbons (Fsp3) is 0.611. The molecule has 0 aromatic heterocycles. The van der Waals surface area contributed by atoms with E-state index in [0.717, 1.165) is 29.5 Å². The van der Waals surface area contributed by atoms with Gasteiger partial charge in [0.1, 0.15) is 5.75 Å². The summed E-state index contributed by atoms with van der Waals surface area (Å²) in [6, 6.07) is 3.77. The Labute approximate surface area is 127 Å². The van der Waals surface area contributed by atoms with E-state index >= 15 is 0 Å². The van der Waals surface area contributed by atoms with Crippen molar-refractivity contribution in [3.05, 3.63) is 28.8 Å². The SMILES string of the molecule is CC(C)(C)c1cc(CC(=O)O)cc(C2CCCCC2)c1O. The molecule has 0 aliphatic heterocycles. The number of phenolic OH excluding ortho intramolecular Hbond substituents is 1. The number of carboxylic acids is 1. The van der Waals surface area contributed by atoms with Crippen molar-refractivity contribution in [3.8, 4) is 5.75 Å². The predicted octanol–water partition coefficient (Wildman–Crippen LogP) is 4.36. The highest BCUT2D eigenvalue weighted by molar-refractivity contribution is 5.71. The van der Waals surface area contributed by atoms with Gasteiger partial charge in [-0.1, -0.05) is 52.2 Å². The molecule has 1 fully saturated rings. The fourth-order valence-corrected chi connectivity index (χ4v) is 3.29. The second kappa shape index (κ2) is 6.08. The average molecular weight is 290 g/mol. The van der Waals surface area contributed by atoms with Gasteiger partial charge in [0.15, 0.2) is 0 Å². The minimum absolute atomic E-state index is 0.0169. The van der Waals surface area contributed by atoms with E-state index in [1.54, 1.807) is 0 Å². The Morgan fingerprint density at radius 1 is 1.19 bits per heavy atom. The number of hydrogen-bond acceptors (Lipinski definition) is 2. The van der Waals surface area contributed by atoms with Crippen LogP contribution in [0.1, 0.15) is 75.5 Å². The van der Waals surface area contributed by atoms with Crippen LogP contribution in [0.3, 0.4) is 0 Å². The van der Waals surface area contributed by atoms with Gasteiger partial charge in [-0.15, -0.1) is 0 Å². The maximum absolute atomic E-state index is 11.0. The number of hydrogen-bond donors (Lipinski definition) is 2. The van der Waals surface area contributed by atoms with Crippen molar-refractivity contribution in [2.45, 2.75) is 70.6 Å². The molecular formula is C18H26O3. The monoisotopic (exact) mass is 290 g/mol. The molecule has 1 aliphatic rings. The lowest BCUT2D eigenvalue weighted by molar-refractivity contribution is -0.136. The van der Waals surface area contributed by atoms with Gasteiger partial charge >= 0.3 is 5.97 Å². The van der Waals surface area contributed by atoms with Crippen LogP contribution in [-0.4, -0.2) is 16.2 Å². The average Bonchev–Trinajstić information content (AvgIpc) is 2.39. The summed E-state index contributed by atoms with van der Waals surface area (Å²) in [6.07, 6.45) is 5.85. The second-order valence-electron chi connectivity index (χ2n) is 7.24. The van der Waals surface area contributed by atoms with Gasteiger partial charge in [0.25, 0.3) is 0 Å². The molecule has 1 saturated carbocycles. The topological polar surface area (TPSA) is 57.5 Å². The van der Waals surface area contributed by atoms with Gasteiger partial charge in [-0.3, -0.25) is 4.79 Å². The summed E-state index contributed by atoms with van der Waals surface area (Å²) in [5.41, 5.74) is 2.42. The summed E-state index contributed by atoms with van der Waals surface area (Å²) in [7, 11) is 0. The largest absolute Gasteiger partial charge is 0.507 e. The van der Waals surface area contributed by atoms with Gasteiger partial charge in [-0.05, 0) is 40.9 Å². The highest BCUT2D eigenvalue weighted by Crippen LogP contribution is 2.42. The van der Waals surface area contributed by atoms with Crippen molar-refractivity contribution in [2.24, 2.45) is 0 Å². The summed E-state index contributed by atoms with van der Waals surface area (Å²) < 4.78 is 0. The minimum atomic E-state index is -0.824. The van der Waals surface area contributed by atoms with E-state index in [1.807, 2.05) is 12.1 Å². The molecule has 0 amide bonds. The lowest BCUT2D eigenvalue weighted by Gasteiger charge is -2.28. The molecule has 0 bridgehead atoms. The lowest BCUT2D eigenvalue weighted by atomic mass is 9.78. The summed E-state index contributed by atoms with van der Waals surface area (Å²) in [6.45, 7) is 6.16. The molecule has 0 spiro atoms. The molecule has 0 saturated heterocycles. The quantitative estimate of drug-likeness (QED) is 0.869. The molecule has 0 heterocycles. The van der Waals surface area contributed by atoms with Crippen LogP contribution < -0.4 is 0 Å². The Balaban J connectivity index is 2.48. The van der Waals surface area contributed by atoms with Gasteiger partial charge in [-0.25, -0.2) is 0 Å². The summed E-state index contributed by atoms with van der Waals surface area (Å²) in [5, 5.41) is 19.8. The molecule has 3 nitrogen and oxygen atoms in total. The van der Waals surface area contributed by atoms with Crippen LogP contribution in [0, 0.1) is 0 Å². The zero-order valence-corrected chi connectivity index (χ0v) is 13.3. The van der Waals surface area contributed by atoms with Crippen molar-refractivity contribution in [2.75, 3.05) is 0 Å². The minimum Gasteiger partial charge on any atom is -0.507 e. The molecule has 2 rings (SSSR count). The van der Waals surface area contributed by atoms with Crippen LogP contribution in [0.15, 0.2) is 12.1 Å². The lowest BCUT2D eigenvalue weighted by Crippen LogP contribution is -2.15. The molecule has 1 aromatic carbocycles. The van der Waals surface area contributed by atoms with Crippen molar-refractivity contribution in [1.29, 1.82) is 0 Å². The Kier molecular flexibility index (Phi) is 4.60. The molecule has 3 heteroatoms. The zero-order valence-electron chi connectivity index (χ0n) is 13.3. The van der Waals surface area contributed by atoms with Gasteiger partial charge in [-0.2, -0.15) is 0 Å². The number of carboxylic acid groups (broad SMARTS) is 1. The normalized spacial score (nSPS) is 16.9. The van der Waals surface area contributed by atoms with E-state index in [4.69, 9.17) is 5.11 Å². The molecule has 1 aromatic rings. The van der Waals surface area contributed by atoms with Gasteiger partial charge in [0.2, 0.25) is 0 Å². The van der Waals surface area contributed by atoms with E-state index in [9.17, 15) is 9.90 Å². The molecule has 116 valence electrons. The van der Waals surface area contributed by atoms with E-state index in [1.165, 1.54) is 19.3 Å². The number of benzene rings is 1. The number of aromatic hydroxyl groups is 1. The Morgan fingerprint density at radius 3 is 2.33 bits per heavy atom. The van der Waals surface area contributed by atoms with Crippen molar-refractivity contribution in [1.82, 2.24) is 0 Å². The third kappa shape index (κ3) is 3.78. The smallest absolute Gasteiger partial charge is 0.307 e. The van der Waals surface area contributed by atoms with Crippen LogP contribution in [0.4, 0.5) is 0 Å². The maximum Gasteiger partial charge on any atom is 0.307 e. The van der Waals surface area contributed by atoms with Crippen LogP contribution >= 0.6 is 0 Å². The third-order valence-corrected chi connectivity index (χ3v) is 4.41. The molecule has 21 heavy (non-hydrogen) atoms. The zero-order chi connectivity index (χ0) is 15.6. The van der Waals surface area contributed by atoms with E-state index in [-0.39, 0.29) is 11.8 Å². The standard InChI is InChI=1S/C18H26O3/c1-18(2,3)15-10-12(11-16(19)20)9-14(17(15)21)13-7-5-4-6-8-13/h9-10,13,21H,4-8,11H2,1-3H3,(H,19,20).